The summed E-state index contributed by atoms with van der Waals surface area (Å²) >= 11 is 0. The van der Waals surface area contributed by atoms with E-state index in [0.717, 1.165) is 43.3 Å². The molecule has 0 radical (unpaired) electrons. The third kappa shape index (κ3) is 3.77. The Morgan fingerprint density at radius 1 is 1.29 bits per heavy atom. The molecule has 2 aromatic heterocycles. The number of piperidine rings is 1. The second-order valence-electron chi connectivity index (χ2n) is 6.47. The first kappa shape index (κ1) is 17.0. The molecule has 1 atom stereocenters. The van der Waals surface area contributed by atoms with Crippen molar-refractivity contribution in [2.75, 3.05) is 37.1 Å². The molecule has 0 saturated carbocycles. The molecule has 0 bridgehead atoms. The summed E-state index contributed by atoms with van der Waals surface area (Å²) in [5.74, 6) is 1.63. The molecule has 0 amide bonds. The summed E-state index contributed by atoms with van der Waals surface area (Å²) < 4.78 is 24.4. The highest BCUT2D eigenvalue weighted by atomic mass is 32.2. The van der Waals surface area contributed by atoms with Crippen LogP contribution in [0.25, 0.3) is 10.9 Å². The van der Waals surface area contributed by atoms with Crippen LogP contribution < -0.4 is 9.64 Å². The molecule has 1 unspecified atom stereocenters. The van der Waals surface area contributed by atoms with Crippen LogP contribution in [-0.4, -0.2) is 46.4 Å². The van der Waals surface area contributed by atoms with Crippen molar-refractivity contribution in [3.63, 3.8) is 0 Å². The van der Waals surface area contributed by atoms with Crippen molar-refractivity contribution < 1.29 is 8.95 Å². The fourth-order valence-corrected chi connectivity index (χ4v) is 4.10. The van der Waals surface area contributed by atoms with Gasteiger partial charge in [0, 0.05) is 58.3 Å². The molecule has 3 heterocycles. The van der Waals surface area contributed by atoms with Crippen LogP contribution >= 0.6 is 0 Å². The van der Waals surface area contributed by atoms with E-state index in [0.29, 0.717) is 17.6 Å². The van der Waals surface area contributed by atoms with E-state index in [4.69, 9.17) is 9.52 Å². The van der Waals surface area contributed by atoms with Crippen molar-refractivity contribution in [2.24, 2.45) is 5.92 Å². The Labute approximate surface area is 143 Å². The first-order chi connectivity index (χ1) is 11.5. The second-order valence-corrected chi connectivity index (χ2v) is 8.89. The largest absolute Gasteiger partial charge is 0.479 e. The van der Waals surface area contributed by atoms with Gasteiger partial charge in [-0.25, -0.2) is 4.98 Å². The number of ether oxygens (including phenoxy) is 1. The van der Waals surface area contributed by atoms with Crippen LogP contribution in [0.1, 0.15) is 19.3 Å². The molecule has 0 aromatic carbocycles. The van der Waals surface area contributed by atoms with Crippen molar-refractivity contribution >= 4 is 26.3 Å². The molecule has 1 N–H and O–H groups in total. The summed E-state index contributed by atoms with van der Waals surface area (Å²) in [6.07, 6.45) is 8.13. The van der Waals surface area contributed by atoms with Crippen LogP contribution in [0.3, 0.4) is 0 Å². The molecule has 24 heavy (non-hydrogen) atoms. The van der Waals surface area contributed by atoms with Gasteiger partial charge in [-0.2, -0.15) is 0 Å². The number of nitrogens with one attached hydrogen (secondary N) is 1. The third-order valence-electron chi connectivity index (χ3n) is 4.67. The van der Waals surface area contributed by atoms with Gasteiger partial charge in [-0.1, -0.05) is 0 Å². The first-order valence-electron chi connectivity index (χ1n) is 8.22. The number of nitrogens with zero attached hydrogens (tertiary/aromatic N) is 3. The Morgan fingerprint density at radius 2 is 2.00 bits per heavy atom. The summed E-state index contributed by atoms with van der Waals surface area (Å²) in [4.78, 5) is 11.0. The molecule has 1 aliphatic rings. The van der Waals surface area contributed by atoms with Gasteiger partial charge in [-0.3, -0.25) is 14.0 Å². The molecule has 6 nitrogen and oxygen atoms in total. The minimum Gasteiger partial charge on any atom is -0.479 e. The van der Waals surface area contributed by atoms with E-state index in [2.05, 4.69) is 14.9 Å². The monoisotopic (exact) mass is 348 g/mol. The minimum atomic E-state index is -2.37. The van der Waals surface area contributed by atoms with Gasteiger partial charge in [0.2, 0.25) is 5.88 Å². The van der Waals surface area contributed by atoms with Crippen LogP contribution in [0.5, 0.6) is 5.88 Å². The zero-order valence-electron chi connectivity index (χ0n) is 14.2. The van der Waals surface area contributed by atoms with Gasteiger partial charge in [-0.05, 0) is 37.3 Å². The van der Waals surface area contributed by atoms with Crippen molar-refractivity contribution in [2.45, 2.75) is 19.3 Å². The fraction of sp³-hybridized carbons (Fsp3) is 0.529. The summed E-state index contributed by atoms with van der Waals surface area (Å²) in [7, 11) is -0.758. The van der Waals surface area contributed by atoms with Gasteiger partial charge in [0.15, 0.2) is 0 Å². The molecule has 7 heteroatoms. The van der Waals surface area contributed by atoms with Crippen LogP contribution in [-0.2, 0) is 9.73 Å². The maximum atomic E-state index is 11.6. The van der Waals surface area contributed by atoms with Gasteiger partial charge in [0.05, 0.1) is 7.11 Å². The number of hydrogen-bond acceptors (Lipinski definition) is 6. The lowest BCUT2D eigenvalue weighted by atomic mass is 9.94. The zero-order valence-corrected chi connectivity index (χ0v) is 15.0. The summed E-state index contributed by atoms with van der Waals surface area (Å²) in [6.45, 7) is 1.94. The van der Waals surface area contributed by atoms with Gasteiger partial charge >= 0.3 is 0 Å². The molecular formula is C17H24N4O2S. The van der Waals surface area contributed by atoms with Crippen molar-refractivity contribution in [3.8, 4) is 5.88 Å². The van der Waals surface area contributed by atoms with Crippen molar-refractivity contribution in [1.82, 2.24) is 9.97 Å². The number of methoxy groups -OCH3 is 1. The molecule has 1 saturated heterocycles. The normalized spacial score (nSPS) is 18.5. The lowest BCUT2D eigenvalue weighted by molar-refractivity contribution is 0.396. The summed E-state index contributed by atoms with van der Waals surface area (Å²) in [6, 6.07) is 4.03. The van der Waals surface area contributed by atoms with Crippen LogP contribution in [0.4, 0.5) is 5.69 Å². The Kier molecular flexibility index (Phi) is 4.89. The van der Waals surface area contributed by atoms with E-state index in [1.807, 2.05) is 12.1 Å². The van der Waals surface area contributed by atoms with E-state index in [1.54, 1.807) is 19.5 Å². The lowest BCUT2D eigenvalue weighted by Gasteiger charge is -2.34. The molecule has 0 aliphatic carbocycles. The Morgan fingerprint density at radius 3 is 2.67 bits per heavy atom. The predicted octanol–water partition coefficient (Wildman–Crippen LogP) is 2.92. The first-order valence-corrected chi connectivity index (χ1v) is 10.4. The standard InChI is InChI=1S/C17H24N4O2S/c1-23-17-16-14(3-8-20-17)15(4-9-19-16)21-10-5-13(6-11-21)7-12-24(2,18)22/h3-4,8-9,13,18H,5-7,10-12H2,1-2H3. The molecule has 1 fully saturated rings. The van der Waals surface area contributed by atoms with Gasteiger partial charge in [-0.15, -0.1) is 0 Å². The Hall–Kier alpha value is -1.89. The number of pyridine rings is 2. The average Bonchev–Trinajstić information content (AvgIpc) is 2.59. The fourth-order valence-electron chi connectivity index (χ4n) is 3.32. The topological polar surface area (TPSA) is 79.2 Å². The maximum absolute atomic E-state index is 11.6. The zero-order chi connectivity index (χ0) is 17.2. The van der Waals surface area contributed by atoms with E-state index in [-0.39, 0.29) is 0 Å². The second kappa shape index (κ2) is 6.93. The van der Waals surface area contributed by atoms with Crippen molar-refractivity contribution in [1.29, 1.82) is 4.78 Å². The number of anilines is 1. The van der Waals surface area contributed by atoms with E-state index < -0.39 is 9.73 Å². The highest BCUT2D eigenvalue weighted by molar-refractivity contribution is 7.91. The Bertz CT molecular complexity index is 814. The predicted molar refractivity (Wildman–Crippen MR) is 97.3 cm³/mol. The van der Waals surface area contributed by atoms with Gasteiger partial charge < -0.3 is 9.64 Å². The lowest BCUT2D eigenvalue weighted by Crippen LogP contribution is -2.34. The quantitative estimate of drug-likeness (QED) is 0.899. The highest BCUT2D eigenvalue weighted by Crippen LogP contribution is 2.32. The van der Waals surface area contributed by atoms with E-state index >= 15 is 0 Å². The molecular weight excluding hydrogens is 324 g/mol. The highest BCUT2D eigenvalue weighted by Gasteiger charge is 2.22. The van der Waals surface area contributed by atoms with Gasteiger partial charge in [0.1, 0.15) is 5.52 Å². The van der Waals surface area contributed by atoms with E-state index in [1.165, 1.54) is 11.9 Å². The molecule has 2 aromatic rings. The summed E-state index contributed by atoms with van der Waals surface area (Å²) in [5.41, 5.74) is 1.96. The van der Waals surface area contributed by atoms with Crippen molar-refractivity contribution in [3.05, 3.63) is 24.5 Å². The smallest absolute Gasteiger partial charge is 0.240 e. The molecule has 1 aliphatic heterocycles. The average molecular weight is 348 g/mol. The van der Waals surface area contributed by atoms with E-state index in [9.17, 15) is 4.21 Å². The summed E-state index contributed by atoms with van der Waals surface area (Å²) in [5, 5.41) is 1.06. The number of fused-ring (bicyclic) bond motifs is 1. The number of aromatic nitrogens is 2. The van der Waals surface area contributed by atoms with Gasteiger partial charge in [0.25, 0.3) is 0 Å². The Balaban J connectivity index is 1.74. The number of rotatable bonds is 5. The SMILES string of the molecule is COc1nccc2c(N3CCC(CCS(C)(=N)=O)CC3)ccnc12. The minimum absolute atomic E-state index is 0.513. The molecule has 0 spiro atoms. The van der Waals surface area contributed by atoms with Crippen LogP contribution in [0.15, 0.2) is 24.5 Å². The van der Waals surface area contributed by atoms with Crippen LogP contribution in [0.2, 0.25) is 0 Å². The number of hydrogen-bond donors (Lipinski definition) is 1. The van der Waals surface area contributed by atoms with Crippen LogP contribution in [0, 0.1) is 10.7 Å². The molecule has 3 rings (SSSR count). The maximum Gasteiger partial charge on any atom is 0.240 e. The third-order valence-corrected chi connectivity index (χ3v) is 5.68. The molecule has 130 valence electrons.